The molecule has 9 heavy (non-hydrogen) atoms. The molecule has 0 saturated carbocycles. The van der Waals surface area contributed by atoms with Crippen LogP contribution in [0.1, 0.15) is 0 Å². The van der Waals surface area contributed by atoms with Crippen LogP contribution < -0.4 is 0 Å². The molecule has 0 spiro atoms. The van der Waals surface area contributed by atoms with Crippen LogP contribution in [0.25, 0.3) is 0 Å². The second-order valence-corrected chi connectivity index (χ2v) is 1.73. The Bertz CT molecular complexity index is 179. The average molecular weight is 202 g/mol. The maximum absolute atomic E-state index is 9.33. The van der Waals surface area contributed by atoms with Crippen LogP contribution in [0.5, 0.6) is 0 Å². The minimum absolute atomic E-state index is 0. The van der Waals surface area contributed by atoms with Gasteiger partial charge in [-0.05, 0) is 0 Å². The number of hydrogen-bond donors (Lipinski definition) is 1. The molecule has 1 N–H and O–H groups in total. The van der Waals surface area contributed by atoms with Crippen LogP contribution in [-0.4, -0.2) is 18.1 Å². The SMILES string of the molecule is O=[N+]([O-])OS(=O)(=O)O.[Co]. The molecule has 0 heterocycles. The van der Waals surface area contributed by atoms with Gasteiger partial charge in [0.25, 0.3) is 0 Å². The molecule has 0 aromatic carbocycles. The van der Waals surface area contributed by atoms with Crippen molar-refractivity contribution in [3.8, 4) is 0 Å². The molecule has 0 rings (SSSR count). The molecule has 0 amide bonds. The van der Waals surface area contributed by atoms with Crippen molar-refractivity contribution in [1.82, 2.24) is 0 Å². The van der Waals surface area contributed by atoms with Crippen molar-refractivity contribution in [1.29, 1.82) is 0 Å². The largest absolute Gasteiger partial charge is 0.429 e. The normalized spacial score (nSPS) is 9.44. The first-order valence-electron chi connectivity index (χ1n) is 1.23. The monoisotopic (exact) mass is 202 g/mol. The Morgan fingerprint density at radius 2 is 1.89 bits per heavy atom. The summed E-state index contributed by atoms with van der Waals surface area (Å²) in [6.07, 6.45) is 0. The van der Waals surface area contributed by atoms with Crippen LogP contribution in [-0.2, 0) is 31.5 Å². The van der Waals surface area contributed by atoms with Gasteiger partial charge in [-0.15, -0.1) is 10.1 Å². The van der Waals surface area contributed by atoms with Crippen molar-refractivity contribution in [3.05, 3.63) is 10.1 Å². The van der Waals surface area contributed by atoms with E-state index in [0.717, 1.165) is 0 Å². The van der Waals surface area contributed by atoms with Gasteiger partial charge in [-0.2, -0.15) is 12.7 Å². The van der Waals surface area contributed by atoms with Crippen LogP contribution in [0.2, 0.25) is 0 Å². The Hall–Kier alpha value is -0.384. The van der Waals surface area contributed by atoms with Gasteiger partial charge in [0.2, 0.25) is 0 Å². The van der Waals surface area contributed by atoms with Crippen molar-refractivity contribution in [3.63, 3.8) is 0 Å². The van der Waals surface area contributed by atoms with Crippen LogP contribution in [0.15, 0.2) is 0 Å². The first-order chi connectivity index (χ1) is 3.42. The summed E-state index contributed by atoms with van der Waals surface area (Å²) < 4.78 is 28.9. The topological polar surface area (TPSA) is 107 Å². The van der Waals surface area contributed by atoms with Crippen LogP contribution in [0, 0.1) is 10.1 Å². The molecule has 0 bridgehead atoms. The molecule has 0 aromatic heterocycles. The first kappa shape index (κ1) is 11.4. The van der Waals surface area contributed by atoms with Crippen molar-refractivity contribution < 1.29 is 39.1 Å². The Morgan fingerprint density at radius 3 is 1.89 bits per heavy atom. The zero-order chi connectivity index (χ0) is 6.78. The van der Waals surface area contributed by atoms with E-state index in [4.69, 9.17) is 14.7 Å². The van der Waals surface area contributed by atoms with E-state index in [1.807, 2.05) is 0 Å². The quantitative estimate of drug-likeness (QED) is 0.349. The van der Waals surface area contributed by atoms with Gasteiger partial charge in [0.05, 0.1) is 0 Å². The summed E-state index contributed by atoms with van der Waals surface area (Å²) in [7, 11) is -4.92. The maximum Gasteiger partial charge on any atom is 0.429 e. The standard InChI is InChI=1S/Co.HNO6S/c;2-1(3)7-8(4,5)6/h;(H,4,5,6). The smallest absolute Gasteiger partial charge is 0.265 e. The fourth-order valence-corrected chi connectivity index (χ4v) is 0.231. The van der Waals surface area contributed by atoms with E-state index in [2.05, 4.69) is 4.28 Å². The zero-order valence-corrected chi connectivity index (χ0v) is 5.53. The molecule has 0 fully saturated rings. The maximum atomic E-state index is 9.33. The molecule has 9 heteroatoms. The fraction of sp³-hybridized carbons (Fsp3) is 0. The molecule has 0 aliphatic carbocycles. The molecule has 0 aromatic rings. The van der Waals surface area contributed by atoms with Crippen molar-refractivity contribution in [2.45, 2.75) is 0 Å². The van der Waals surface area contributed by atoms with Crippen molar-refractivity contribution in [2.75, 3.05) is 0 Å². The summed E-state index contributed by atoms with van der Waals surface area (Å²) in [5.74, 6) is 0. The van der Waals surface area contributed by atoms with Gasteiger partial charge in [0, 0.05) is 16.8 Å². The third-order valence-corrected chi connectivity index (χ3v) is 0.465. The van der Waals surface area contributed by atoms with E-state index in [1.165, 1.54) is 0 Å². The summed E-state index contributed by atoms with van der Waals surface area (Å²) >= 11 is 0. The van der Waals surface area contributed by atoms with Gasteiger partial charge < -0.3 is 0 Å². The molecule has 0 aliphatic heterocycles. The van der Waals surface area contributed by atoms with Crippen molar-refractivity contribution >= 4 is 10.4 Å². The van der Waals surface area contributed by atoms with Crippen LogP contribution >= 0.6 is 0 Å². The molecular weight excluding hydrogens is 201 g/mol. The minimum atomic E-state index is -4.92. The Labute approximate surface area is 60.3 Å². The van der Waals surface area contributed by atoms with Crippen molar-refractivity contribution in [2.24, 2.45) is 0 Å². The summed E-state index contributed by atoms with van der Waals surface area (Å²) in [5.41, 5.74) is 0. The fourth-order valence-electron chi connectivity index (χ4n) is 0.0769. The number of rotatable bonds is 2. The van der Waals surface area contributed by atoms with E-state index < -0.39 is 15.5 Å². The summed E-state index contributed by atoms with van der Waals surface area (Å²) in [5, 5.41) is 7.43. The Balaban J connectivity index is 0. The zero-order valence-electron chi connectivity index (χ0n) is 3.68. The molecule has 0 saturated heterocycles. The molecule has 1 radical (unpaired) electrons. The Kier molecular flexibility index (Phi) is 4.57. The second kappa shape index (κ2) is 3.61. The third-order valence-electron chi connectivity index (χ3n) is 0.155. The molecule has 7 nitrogen and oxygen atoms in total. The predicted octanol–water partition coefficient (Wildman–Crippen LogP) is -1.00. The summed E-state index contributed by atoms with van der Waals surface area (Å²) in [4.78, 5) is 9.06. The average Bonchev–Trinajstić information content (AvgIpc) is 1.21. The number of hydrogen-bond acceptors (Lipinski definition) is 5. The molecule has 0 aliphatic rings. The molecule has 0 atom stereocenters. The Morgan fingerprint density at radius 1 is 1.56 bits per heavy atom. The van der Waals surface area contributed by atoms with Gasteiger partial charge in [-0.3, -0.25) is 4.55 Å². The van der Waals surface area contributed by atoms with Crippen LogP contribution in [0.4, 0.5) is 0 Å². The van der Waals surface area contributed by atoms with Gasteiger partial charge >= 0.3 is 15.5 Å². The van der Waals surface area contributed by atoms with Gasteiger partial charge in [0.15, 0.2) is 0 Å². The molecule has 0 unspecified atom stereocenters. The van der Waals surface area contributed by atoms with Gasteiger partial charge in [-0.25, -0.2) is 0 Å². The first-order valence-corrected chi connectivity index (χ1v) is 2.60. The van der Waals surface area contributed by atoms with E-state index in [1.54, 1.807) is 0 Å². The summed E-state index contributed by atoms with van der Waals surface area (Å²) in [6, 6.07) is 0. The van der Waals surface area contributed by atoms with E-state index in [0.29, 0.717) is 0 Å². The van der Waals surface area contributed by atoms with Gasteiger partial charge in [0.1, 0.15) is 0 Å². The second-order valence-electron chi connectivity index (χ2n) is 0.726. The van der Waals surface area contributed by atoms with E-state index >= 15 is 0 Å². The van der Waals surface area contributed by atoms with Gasteiger partial charge in [-0.1, -0.05) is 0 Å². The predicted molar refractivity (Wildman–Crippen MR) is 19.6 cm³/mol. The third kappa shape index (κ3) is 11.3. The number of nitrogens with zero attached hydrogens (tertiary/aromatic N) is 1. The van der Waals surface area contributed by atoms with E-state index in [9.17, 15) is 8.42 Å². The molecule has 57 valence electrons. The van der Waals surface area contributed by atoms with Crippen LogP contribution in [0.3, 0.4) is 0 Å². The minimum Gasteiger partial charge on any atom is -0.265 e. The summed E-state index contributed by atoms with van der Waals surface area (Å²) in [6.45, 7) is 0. The van der Waals surface area contributed by atoms with E-state index in [-0.39, 0.29) is 16.8 Å². The molecular formula is HCoNO6S.